The summed E-state index contributed by atoms with van der Waals surface area (Å²) in [6.45, 7) is 0. The lowest BCUT2D eigenvalue weighted by Crippen LogP contribution is -1.96. The van der Waals surface area contributed by atoms with Crippen LogP contribution in [0.4, 0.5) is 11.4 Å². The van der Waals surface area contributed by atoms with Crippen LogP contribution >= 0.6 is 11.3 Å². The highest BCUT2D eigenvalue weighted by atomic mass is 32.1. The normalized spacial score (nSPS) is 11.0. The van der Waals surface area contributed by atoms with Crippen LogP contribution in [-0.4, -0.2) is 21.9 Å². The van der Waals surface area contributed by atoms with Crippen LogP contribution in [0.1, 0.15) is 10.6 Å². The van der Waals surface area contributed by atoms with Crippen molar-refractivity contribution in [2.24, 2.45) is 0 Å². The number of nitro groups is 1. The van der Waals surface area contributed by atoms with Crippen LogP contribution in [0.3, 0.4) is 0 Å². The molecule has 128 valence electrons. The Morgan fingerprint density at radius 2 is 2.12 bits per heavy atom. The highest BCUT2D eigenvalue weighted by Gasteiger charge is 2.14. The lowest BCUT2D eigenvalue weighted by Gasteiger charge is -2.03. The predicted molar refractivity (Wildman–Crippen MR) is 101 cm³/mol. The largest absolute Gasteiger partial charge is 0.383 e. The first-order chi connectivity index (χ1) is 12.6. The predicted octanol–water partition coefficient (Wildman–Crippen LogP) is 4.22. The number of nitro benzene ring substituents is 1. The number of anilines is 1. The third-order valence-corrected chi connectivity index (χ3v) is 4.51. The Bertz CT molecular complexity index is 1020. The van der Waals surface area contributed by atoms with Crippen molar-refractivity contribution in [1.82, 2.24) is 9.97 Å². The maximum atomic E-state index is 11.2. The van der Waals surface area contributed by atoms with Crippen LogP contribution in [0.25, 0.3) is 22.9 Å². The number of hydrogen-bond donors (Lipinski definition) is 1. The molecule has 3 rings (SSSR count). The van der Waals surface area contributed by atoms with E-state index >= 15 is 0 Å². The molecule has 0 aliphatic rings. The zero-order valence-electron chi connectivity index (χ0n) is 13.7. The molecule has 2 aromatic heterocycles. The molecule has 0 atom stereocenters. The molecular formula is C18H13N5O2S. The number of nitrogens with one attached hydrogen (secondary N) is 1. The van der Waals surface area contributed by atoms with Gasteiger partial charge in [0.05, 0.1) is 16.2 Å². The van der Waals surface area contributed by atoms with Crippen LogP contribution < -0.4 is 5.32 Å². The van der Waals surface area contributed by atoms with E-state index < -0.39 is 4.92 Å². The van der Waals surface area contributed by atoms with Gasteiger partial charge in [-0.15, -0.1) is 11.3 Å². The first-order valence-electron chi connectivity index (χ1n) is 7.56. The molecule has 2 heterocycles. The first kappa shape index (κ1) is 17.3. The second-order valence-electron chi connectivity index (χ2n) is 5.23. The second-order valence-corrected chi connectivity index (χ2v) is 6.09. The lowest BCUT2D eigenvalue weighted by molar-refractivity contribution is -0.383. The van der Waals surface area contributed by atoms with Crippen LogP contribution in [0.2, 0.25) is 0 Å². The van der Waals surface area contributed by atoms with Crippen molar-refractivity contribution in [2.45, 2.75) is 0 Å². The average molecular weight is 363 g/mol. The van der Waals surface area contributed by atoms with Gasteiger partial charge < -0.3 is 5.32 Å². The summed E-state index contributed by atoms with van der Waals surface area (Å²) in [5.41, 5.74) is 2.95. The fourth-order valence-electron chi connectivity index (χ4n) is 2.36. The molecule has 26 heavy (non-hydrogen) atoms. The molecule has 0 saturated carbocycles. The summed E-state index contributed by atoms with van der Waals surface area (Å²) in [6, 6.07) is 10.6. The first-order valence-corrected chi connectivity index (χ1v) is 8.44. The number of thiazole rings is 1. The van der Waals surface area contributed by atoms with Gasteiger partial charge in [0.25, 0.3) is 5.69 Å². The van der Waals surface area contributed by atoms with Crippen molar-refractivity contribution >= 4 is 34.4 Å². The Morgan fingerprint density at radius 1 is 1.35 bits per heavy atom. The van der Waals surface area contributed by atoms with E-state index in [1.165, 1.54) is 17.4 Å². The monoisotopic (exact) mass is 363 g/mol. The Balaban J connectivity index is 1.97. The molecule has 1 aromatic carbocycles. The molecule has 0 aliphatic carbocycles. The Kier molecular flexibility index (Phi) is 5.01. The zero-order valence-corrected chi connectivity index (χ0v) is 14.5. The van der Waals surface area contributed by atoms with Crippen molar-refractivity contribution in [3.63, 3.8) is 0 Å². The summed E-state index contributed by atoms with van der Waals surface area (Å²) in [6.07, 6.45) is 4.96. The Hall–Kier alpha value is -3.57. The van der Waals surface area contributed by atoms with E-state index in [9.17, 15) is 15.4 Å². The quantitative estimate of drug-likeness (QED) is 0.413. The van der Waals surface area contributed by atoms with Crippen molar-refractivity contribution in [1.29, 1.82) is 5.26 Å². The number of hydrogen-bond acceptors (Lipinski definition) is 7. The minimum atomic E-state index is -0.458. The fourth-order valence-corrected chi connectivity index (χ4v) is 3.16. The smallest absolute Gasteiger partial charge is 0.292 e. The fraction of sp³-hybridized carbons (Fsp3) is 0.0556. The molecule has 0 saturated heterocycles. The van der Waals surface area contributed by atoms with Crippen LogP contribution in [0, 0.1) is 21.4 Å². The van der Waals surface area contributed by atoms with Gasteiger partial charge in [-0.25, -0.2) is 4.98 Å². The van der Waals surface area contributed by atoms with Gasteiger partial charge in [0.2, 0.25) is 0 Å². The summed E-state index contributed by atoms with van der Waals surface area (Å²) in [7, 11) is 1.62. The van der Waals surface area contributed by atoms with Crippen LogP contribution in [-0.2, 0) is 0 Å². The Labute approximate surface area is 153 Å². The SMILES string of the molecule is CNc1ccc(/C=C(/C#N)c2nc(-c3ccncc3)cs2)cc1[N+](=O)[O-]. The molecular weight excluding hydrogens is 350 g/mol. The summed E-state index contributed by atoms with van der Waals surface area (Å²) >= 11 is 1.35. The standard InChI is InChI=1S/C18H13N5O2S/c1-20-15-3-2-12(9-17(15)23(24)25)8-14(10-19)18-22-16(11-26-18)13-4-6-21-7-5-13/h2-9,11,20H,1H3/b14-8-. The number of aromatic nitrogens is 2. The lowest BCUT2D eigenvalue weighted by atomic mass is 10.1. The molecule has 7 nitrogen and oxygen atoms in total. The third kappa shape index (κ3) is 3.58. The van der Waals surface area contributed by atoms with Crippen LogP contribution in [0.5, 0.6) is 0 Å². The van der Waals surface area contributed by atoms with Crippen molar-refractivity contribution in [3.05, 3.63) is 68.8 Å². The molecule has 8 heteroatoms. The number of benzene rings is 1. The van der Waals surface area contributed by atoms with Gasteiger partial charge in [0.1, 0.15) is 16.8 Å². The Morgan fingerprint density at radius 3 is 2.77 bits per heavy atom. The van der Waals surface area contributed by atoms with Crippen LogP contribution in [0.15, 0.2) is 48.1 Å². The summed E-state index contributed by atoms with van der Waals surface area (Å²) in [5, 5.41) is 25.9. The average Bonchev–Trinajstić information content (AvgIpc) is 3.16. The van der Waals surface area contributed by atoms with Gasteiger partial charge in [0, 0.05) is 36.5 Å². The molecule has 0 spiro atoms. The van der Waals surface area contributed by atoms with E-state index in [1.807, 2.05) is 17.5 Å². The molecule has 0 amide bonds. The third-order valence-electron chi connectivity index (χ3n) is 3.63. The maximum absolute atomic E-state index is 11.2. The van der Waals surface area contributed by atoms with Gasteiger partial charge in [-0.3, -0.25) is 15.1 Å². The highest BCUT2D eigenvalue weighted by molar-refractivity contribution is 7.11. The number of nitrogens with zero attached hydrogens (tertiary/aromatic N) is 4. The molecule has 0 aliphatic heterocycles. The molecule has 3 aromatic rings. The van der Waals surface area contributed by atoms with E-state index in [4.69, 9.17) is 0 Å². The minimum absolute atomic E-state index is 0.0462. The topological polar surface area (TPSA) is 105 Å². The molecule has 0 fully saturated rings. The van der Waals surface area contributed by atoms with E-state index in [0.29, 0.717) is 21.8 Å². The molecule has 0 unspecified atom stereocenters. The van der Waals surface area contributed by atoms with E-state index in [2.05, 4.69) is 21.4 Å². The maximum Gasteiger partial charge on any atom is 0.292 e. The molecule has 0 radical (unpaired) electrons. The van der Waals surface area contributed by atoms with Crippen molar-refractivity contribution in [2.75, 3.05) is 12.4 Å². The summed E-state index contributed by atoms with van der Waals surface area (Å²) < 4.78 is 0. The zero-order chi connectivity index (χ0) is 18.5. The van der Waals surface area contributed by atoms with Gasteiger partial charge in [0.15, 0.2) is 0 Å². The number of pyridine rings is 1. The van der Waals surface area contributed by atoms with Crippen molar-refractivity contribution in [3.8, 4) is 17.3 Å². The minimum Gasteiger partial charge on any atom is -0.383 e. The number of allylic oxidation sites excluding steroid dienone is 1. The van der Waals surface area contributed by atoms with E-state index in [0.717, 1.165) is 11.3 Å². The second kappa shape index (κ2) is 7.55. The van der Waals surface area contributed by atoms with Gasteiger partial charge in [-0.1, -0.05) is 6.07 Å². The molecule has 1 N–H and O–H groups in total. The van der Waals surface area contributed by atoms with Gasteiger partial charge in [-0.2, -0.15) is 5.26 Å². The molecule has 0 bridgehead atoms. The number of rotatable bonds is 5. The van der Waals surface area contributed by atoms with Gasteiger partial charge >= 0.3 is 0 Å². The summed E-state index contributed by atoms with van der Waals surface area (Å²) in [5.74, 6) is 0. The number of nitriles is 1. The van der Waals surface area contributed by atoms with Gasteiger partial charge in [-0.05, 0) is 29.8 Å². The summed E-state index contributed by atoms with van der Waals surface area (Å²) in [4.78, 5) is 19.2. The van der Waals surface area contributed by atoms with E-state index in [1.54, 1.807) is 37.7 Å². The highest BCUT2D eigenvalue weighted by Crippen LogP contribution is 2.29. The van der Waals surface area contributed by atoms with Crippen molar-refractivity contribution < 1.29 is 4.92 Å². The van der Waals surface area contributed by atoms with E-state index in [-0.39, 0.29) is 5.69 Å².